The van der Waals surface area contributed by atoms with E-state index in [9.17, 15) is 4.79 Å². The highest BCUT2D eigenvalue weighted by Crippen LogP contribution is 2.25. The first kappa shape index (κ1) is 13.4. The van der Waals surface area contributed by atoms with E-state index < -0.39 is 0 Å². The Morgan fingerprint density at radius 2 is 1.95 bits per heavy atom. The van der Waals surface area contributed by atoms with Gasteiger partial charge < -0.3 is 19.7 Å². The summed E-state index contributed by atoms with van der Waals surface area (Å²) >= 11 is 0. The Labute approximate surface area is 118 Å². The van der Waals surface area contributed by atoms with E-state index in [4.69, 9.17) is 9.47 Å². The number of anilines is 1. The van der Waals surface area contributed by atoms with Crippen LogP contribution in [0.2, 0.25) is 0 Å². The smallest absolute Gasteiger partial charge is 0.321 e. The van der Waals surface area contributed by atoms with Crippen LogP contribution in [0.1, 0.15) is 12.8 Å². The van der Waals surface area contributed by atoms with Gasteiger partial charge in [-0.1, -0.05) is 18.2 Å². The summed E-state index contributed by atoms with van der Waals surface area (Å²) in [6.45, 7) is 2.82. The summed E-state index contributed by atoms with van der Waals surface area (Å²) in [5.74, 6) is 0.285. The fraction of sp³-hybridized carbons (Fsp3) is 0.533. The third-order valence-electron chi connectivity index (χ3n) is 3.80. The Balaban J connectivity index is 1.57. The summed E-state index contributed by atoms with van der Waals surface area (Å²) < 4.78 is 11.1. The SMILES string of the molecule is O=C(Nc1ccccc1)N1CCCC(C2OCCO2)C1. The first-order chi connectivity index (χ1) is 9.83. The monoisotopic (exact) mass is 276 g/mol. The number of para-hydroxylation sites is 1. The molecule has 2 amide bonds. The molecule has 2 aliphatic rings. The van der Waals surface area contributed by atoms with Crippen LogP contribution < -0.4 is 5.32 Å². The number of ether oxygens (including phenoxy) is 2. The molecule has 108 valence electrons. The lowest BCUT2D eigenvalue weighted by Gasteiger charge is -2.34. The summed E-state index contributed by atoms with van der Waals surface area (Å²) in [4.78, 5) is 14.1. The average Bonchev–Trinajstić information content (AvgIpc) is 3.03. The van der Waals surface area contributed by atoms with Gasteiger partial charge in [0.2, 0.25) is 0 Å². The van der Waals surface area contributed by atoms with Gasteiger partial charge in [0, 0.05) is 24.7 Å². The summed E-state index contributed by atoms with van der Waals surface area (Å²) in [5.41, 5.74) is 0.827. The van der Waals surface area contributed by atoms with Crippen molar-refractivity contribution in [1.29, 1.82) is 0 Å². The third-order valence-corrected chi connectivity index (χ3v) is 3.80. The lowest BCUT2D eigenvalue weighted by molar-refractivity contribution is -0.0959. The summed E-state index contributed by atoms with van der Waals surface area (Å²) in [7, 11) is 0. The molecule has 2 aliphatic heterocycles. The number of likely N-dealkylation sites (tertiary alicyclic amines) is 1. The van der Waals surface area contributed by atoms with Crippen LogP contribution >= 0.6 is 0 Å². The Morgan fingerprint density at radius 1 is 1.20 bits per heavy atom. The lowest BCUT2D eigenvalue weighted by Crippen LogP contribution is -2.45. The fourth-order valence-electron chi connectivity index (χ4n) is 2.79. The maximum absolute atomic E-state index is 12.3. The topological polar surface area (TPSA) is 50.8 Å². The third kappa shape index (κ3) is 3.11. The largest absolute Gasteiger partial charge is 0.350 e. The first-order valence-corrected chi connectivity index (χ1v) is 7.17. The van der Waals surface area contributed by atoms with Crippen LogP contribution in [-0.2, 0) is 9.47 Å². The number of nitrogens with zero attached hydrogens (tertiary/aromatic N) is 1. The van der Waals surface area contributed by atoms with Crippen LogP contribution in [0, 0.1) is 5.92 Å². The second-order valence-corrected chi connectivity index (χ2v) is 5.25. The van der Waals surface area contributed by atoms with Gasteiger partial charge in [-0.3, -0.25) is 0 Å². The predicted octanol–water partition coefficient (Wildman–Crippen LogP) is 2.30. The van der Waals surface area contributed by atoms with E-state index in [2.05, 4.69) is 5.32 Å². The summed E-state index contributed by atoms with van der Waals surface area (Å²) in [6.07, 6.45) is 1.91. The number of piperidine rings is 1. The van der Waals surface area contributed by atoms with E-state index in [1.165, 1.54) is 0 Å². The number of rotatable bonds is 2. The van der Waals surface area contributed by atoms with E-state index in [1.54, 1.807) is 0 Å². The van der Waals surface area contributed by atoms with Gasteiger partial charge >= 0.3 is 6.03 Å². The molecule has 2 heterocycles. The van der Waals surface area contributed by atoms with E-state index >= 15 is 0 Å². The zero-order valence-electron chi connectivity index (χ0n) is 11.5. The fourth-order valence-corrected chi connectivity index (χ4v) is 2.79. The van der Waals surface area contributed by atoms with Gasteiger partial charge in [-0.2, -0.15) is 0 Å². The first-order valence-electron chi connectivity index (χ1n) is 7.17. The number of amides is 2. The van der Waals surface area contributed by atoms with Crippen molar-refractivity contribution in [2.45, 2.75) is 19.1 Å². The van der Waals surface area contributed by atoms with Gasteiger partial charge in [0.05, 0.1) is 13.2 Å². The van der Waals surface area contributed by atoms with Gasteiger partial charge in [-0.05, 0) is 25.0 Å². The molecule has 5 nitrogen and oxygen atoms in total. The molecule has 1 N–H and O–H groups in total. The zero-order chi connectivity index (χ0) is 13.8. The minimum atomic E-state index is -0.137. The van der Waals surface area contributed by atoms with E-state index in [0.29, 0.717) is 19.8 Å². The van der Waals surface area contributed by atoms with Crippen molar-refractivity contribution in [3.05, 3.63) is 30.3 Å². The Bertz CT molecular complexity index is 446. The second-order valence-electron chi connectivity index (χ2n) is 5.25. The molecule has 0 saturated carbocycles. The highest BCUT2D eigenvalue weighted by Gasteiger charge is 2.32. The standard InChI is InChI=1S/C15H20N2O3/c18-15(16-13-6-2-1-3-7-13)17-8-4-5-12(11-17)14-19-9-10-20-14/h1-3,6-7,12,14H,4-5,8-11H2,(H,16,18). The van der Waals surface area contributed by atoms with Gasteiger partial charge in [0.25, 0.3) is 0 Å². The van der Waals surface area contributed by atoms with Crippen molar-refractivity contribution in [3.63, 3.8) is 0 Å². The molecule has 1 aromatic carbocycles. The normalized spacial score (nSPS) is 23.8. The Kier molecular flexibility index (Phi) is 4.18. The quantitative estimate of drug-likeness (QED) is 0.901. The summed E-state index contributed by atoms with van der Waals surface area (Å²) in [5, 5.41) is 2.93. The van der Waals surface area contributed by atoms with E-state index in [-0.39, 0.29) is 18.2 Å². The molecule has 5 heteroatoms. The van der Waals surface area contributed by atoms with Crippen molar-refractivity contribution in [1.82, 2.24) is 4.90 Å². The van der Waals surface area contributed by atoms with Gasteiger partial charge in [0.15, 0.2) is 6.29 Å². The summed E-state index contributed by atoms with van der Waals surface area (Å²) in [6, 6.07) is 9.50. The molecular formula is C15H20N2O3. The van der Waals surface area contributed by atoms with Crippen LogP contribution in [0.25, 0.3) is 0 Å². The molecule has 0 radical (unpaired) electrons. The van der Waals surface area contributed by atoms with Crippen molar-refractivity contribution in [2.75, 3.05) is 31.6 Å². The predicted molar refractivity (Wildman–Crippen MR) is 75.4 cm³/mol. The van der Waals surface area contributed by atoms with Crippen LogP contribution in [0.4, 0.5) is 10.5 Å². The van der Waals surface area contributed by atoms with E-state index in [1.807, 2.05) is 35.2 Å². The van der Waals surface area contributed by atoms with Gasteiger partial charge in [-0.15, -0.1) is 0 Å². The molecule has 0 spiro atoms. The van der Waals surface area contributed by atoms with Crippen LogP contribution in [0.5, 0.6) is 0 Å². The number of carbonyl (C=O) groups excluding carboxylic acids is 1. The lowest BCUT2D eigenvalue weighted by atomic mass is 9.98. The van der Waals surface area contributed by atoms with Crippen molar-refractivity contribution in [2.24, 2.45) is 5.92 Å². The van der Waals surface area contributed by atoms with Gasteiger partial charge in [0.1, 0.15) is 0 Å². The number of benzene rings is 1. The average molecular weight is 276 g/mol. The van der Waals surface area contributed by atoms with Crippen LogP contribution in [0.15, 0.2) is 30.3 Å². The molecule has 2 saturated heterocycles. The molecule has 0 aromatic heterocycles. The molecule has 1 atom stereocenters. The van der Waals surface area contributed by atoms with Crippen LogP contribution in [0.3, 0.4) is 0 Å². The number of urea groups is 1. The maximum atomic E-state index is 12.3. The van der Waals surface area contributed by atoms with Crippen molar-refractivity contribution < 1.29 is 14.3 Å². The number of hydrogen-bond acceptors (Lipinski definition) is 3. The molecule has 2 fully saturated rings. The molecule has 3 rings (SSSR count). The van der Waals surface area contributed by atoms with Crippen molar-refractivity contribution >= 4 is 11.7 Å². The maximum Gasteiger partial charge on any atom is 0.321 e. The minimum Gasteiger partial charge on any atom is -0.350 e. The zero-order valence-corrected chi connectivity index (χ0v) is 11.5. The molecule has 0 aliphatic carbocycles. The Morgan fingerprint density at radius 3 is 2.70 bits per heavy atom. The number of hydrogen-bond donors (Lipinski definition) is 1. The van der Waals surface area contributed by atoms with Gasteiger partial charge in [-0.25, -0.2) is 4.79 Å². The molecule has 1 aromatic rings. The van der Waals surface area contributed by atoms with E-state index in [0.717, 1.165) is 25.1 Å². The van der Waals surface area contributed by atoms with Crippen molar-refractivity contribution in [3.8, 4) is 0 Å². The highest BCUT2D eigenvalue weighted by atomic mass is 16.7. The Hall–Kier alpha value is -1.59. The number of nitrogens with one attached hydrogen (secondary N) is 1. The molecule has 20 heavy (non-hydrogen) atoms. The second kappa shape index (κ2) is 6.24. The molecule has 1 unspecified atom stereocenters. The molecular weight excluding hydrogens is 256 g/mol. The highest BCUT2D eigenvalue weighted by molar-refractivity contribution is 5.89. The molecule has 0 bridgehead atoms. The van der Waals surface area contributed by atoms with Crippen LogP contribution in [-0.4, -0.2) is 43.5 Å². The number of carbonyl (C=O) groups is 1. The minimum absolute atomic E-state index is 0.0427.